The van der Waals surface area contributed by atoms with Gasteiger partial charge in [0.1, 0.15) is 11.5 Å². The van der Waals surface area contributed by atoms with Gasteiger partial charge in [0.2, 0.25) is 5.65 Å². The minimum atomic E-state index is 0.402. The van der Waals surface area contributed by atoms with Crippen LogP contribution in [-0.4, -0.2) is 48.2 Å². The monoisotopic (exact) mass is 404 g/mol. The largest absolute Gasteiger partial charge is 0.493 e. The number of aryl methyl sites for hydroxylation is 2. The van der Waals surface area contributed by atoms with Crippen molar-refractivity contribution in [2.24, 2.45) is 7.05 Å². The fourth-order valence-corrected chi connectivity index (χ4v) is 3.94. The van der Waals surface area contributed by atoms with Gasteiger partial charge in [0.15, 0.2) is 11.6 Å². The number of methoxy groups -OCH3 is 1. The Balaban J connectivity index is 1.43. The van der Waals surface area contributed by atoms with E-state index in [4.69, 9.17) is 14.9 Å². The molecule has 0 aliphatic heterocycles. The molecule has 0 saturated heterocycles. The Kier molecular flexibility index (Phi) is 4.38. The van der Waals surface area contributed by atoms with Crippen LogP contribution in [0, 0.1) is 6.92 Å². The summed E-state index contributed by atoms with van der Waals surface area (Å²) in [6, 6.07) is 8.22. The Bertz CT molecular complexity index is 1210. The molecule has 0 spiro atoms. The van der Waals surface area contributed by atoms with E-state index in [0.29, 0.717) is 29.1 Å². The molecule has 0 bridgehead atoms. The maximum Gasteiger partial charge on any atom is 0.219 e. The predicted octanol–water partition coefficient (Wildman–Crippen LogP) is 2.94. The smallest absolute Gasteiger partial charge is 0.219 e. The molecule has 4 aromatic rings. The van der Waals surface area contributed by atoms with Crippen LogP contribution in [0.4, 0.5) is 5.82 Å². The van der Waals surface area contributed by atoms with E-state index in [2.05, 4.69) is 39.6 Å². The molecule has 9 nitrogen and oxygen atoms in total. The summed E-state index contributed by atoms with van der Waals surface area (Å²) in [4.78, 5) is 4.50. The van der Waals surface area contributed by atoms with Crippen molar-refractivity contribution in [3.63, 3.8) is 0 Å². The van der Waals surface area contributed by atoms with Crippen LogP contribution in [0.1, 0.15) is 42.3 Å². The van der Waals surface area contributed by atoms with Gasteiger partial charge in [-0.05, 0) is 43.9 Å². The van der Waals surface area contributed by atoms with Gasteiger partial charge < -0.3 is 10.1 Å². The van der Waals surface area contributed by atoms with Crippen molar-refractivity contribution in [3.05, 3.63) is 47.5 Å². The van der Waals surface area contributed by atoms with E-state index >= 15 is 0 Å². The fraction of sp³-hybridized carbons (Fsp3) is 0.381. The summed E-state index contributed by atoms with van der Waals surface area (Å²) in [7, 11) is 3.57. The second kappa shape index (κ2) is 7.08. The molecule has 30 heavy (non-hydrogen) atoms. The van der Waals surface area contributed by atoms with Gasteiger partial charge in [-0.15, -0.1) is 10.2 Å². The van der Waals surface area contributed by atoms with Gasteiger partial charge in [0.25, 0.3) is 0 Å². The summed E-state index contributed by atoms with van der Waals surface area (Å²) in [5, 5.41) is 21.0. The molecule has 154 valence electrons. The number of nitrogens with one attached hydrogen (secondary N) is 1. The number of ether oxygens (including phenoxy) is 1. The highest BCUT2D eigenvalue weighted by Gasteiger charge is 2.41. The molecular formula is C21H24N8O. The summed E-state index contributed by atoms with van der Waals surface area (Å²) in [5.41, 5.74) is 4.66. The Hall–Kier alpha value is -3.49. The van der Waals surface area contributed by atoms with Crippen LogP contribution in [0.25, 0.3) is 17.0 Å². The SMILES string of the molecule is CCNc1ccc(C2CC2c2cc(-c3cc(OC)c4nnc(C)n4n3)n(C)n2)cn1. The number of hydrogen-bond acceptors (Lipinski definition) is 7. The Morgan fingerprint density at radius 2 is 2.03 bits per heavy atom. The summed E-state index contributed by atoms with van der Waals surface area (Å²) in [6.07, 6.45) is 3.06. The summed E-state index contributed by atoms with van der Waals surface area (Å²) >= 11 is 0. The lowest BCUT2D eigenvalue weighted by molar-refractivity contribution is 0.415. The van der Waals surface area contributed by atoms with Crippen LogP contribution in [-0.2, 0) is 7.05 Å². The first-order valence-electron chi connectivity index (χ1n) is 10.1. The van der Waals surface area contributed by atoms with Crippen LogP contribution in [0.3, 0.4) is 0 Å². The number of aromatic nitrogens is 7. The molecule has 1 aliphatic carbocycles. The maximum atomic E-state index is 5.51. The molecule has 9 heteroatoms. The van der Waals surface area contributed by atoms with E-state index in [0.717, 1.165) is 35.9 Å². The zero-order valence-electron chi connectivity index (χ0n) is 17.5. The number of rotatable bonds is 6. The van der Waals surface area contributed by atoms with E-state index in [1.165, 1.54) is 5.56 Å². The molecule has 5 rings (SSSR count). The number of nitrogens with zero attached hydrogens (tertiary/aromatic N) is 7. The van der Waals surface area contributed by atoms with Crippen LogP contribution in [0.15, 0.2) is 30.5 Å². The second-order valence-corrected chi connectivity index (χ2v) is 7.61. The molecule has 4 aromatic heterocycles. The number of hydrogen-bond donors (Lipinski definition) is 1. The van der Waals surface area contributed by atoms with Gasteiger partial charge in [0, 0.05) is 31.8 Å². The highest BCUT2D eigenvalue weighted by molar-refractivity contribution is 5.63. The topological polar surface area (TPSA) is 95.1 Å². The molecule has 1 N–H and O–H groups in total. The van der Waals surface area contributed by atoms with Crippen molar-refractivity contribution in [3.8, 4) is 17.1 Å². The molecule has 4 heterocycles. The average molecular weight is 404 g/mol. The van der Waals surface area contributed by atoms with Gasteiger partial charge >= 0.3 is 0 Å². The fourth-order valence-electron chi connectivity index (χ4n) is 3.94. The normalized spacial score (nSPS) is 18.0. The van der Waals surface area contributed by atoms with Crippen molar-refractivity contribution in [1.82, 2.24) is 34.6 Å². The lowest BCUT2D eigenvalue weighted by Crippen LogP contribution is -2.02. The summed E-state index contributed by atoms with van der Waals surface area (Å²) in [6.45, 7) is 4.81. The van der Waals surface area contributed by atoms with E-state index in [-0.39, 0.29) is 0 Å². The molecule has 0 amide bonds. The number of pyridine rings is 1. The van der Waals surface area contributed by atoms with Crippen LogP contribution in [0.5, 0.6) is 5.75 Å². The average Bonchev–Trinajstić information content (AvgIpc) is 3.34. The number of anilines is 1. The van der Waals surface area contributed by atoms with Crippen molar-refractivity contribution >= 4 is 11.5 Å². The predicted molar refractivity (Wildman–Crippen MR) is 113 cm³/mol. The molecule has 1 saturated carbocycles. The Morgan fingerprint density at radius 3 is 2.77 bits per heavy atom. The first-order chi connectivity index (χ1) is 14.6. The van der Waals surface area contributed by atoms with Gasteiger partial charge in [0.05, 0.1) is 18.5 Å². The minimum Gasteiger partial charge on any atom is -0.493 e. The zero-order valence-corrected chi connectivity index (χ0v) is 17.5. The third-order valence-electron chi connectivity index (χ3n) is 5.62. The van der Waals surface area contributed by atoms with E-state index < -0.39 is 0 Å². The van der Waals surface area contributed by atoms with Crippen LogP contribution < -0.4 is 10.1 Å². The molecular weight excluding hydrogens is 380 g/mol. The Labute approximate surface area is 174 Å². The third-order valence-corrected chi connectivity index (χ3v) is 5.62. The lowest BCUT2D eigenvalue weighted by atomic mass is 10.1. The maximum absolute atomic E-state index is 5.51. The van der Waals surface area contributed by atoms with E-state index in [1.54, 1.807) is 11.6 Å². The highest BCUT2D eigenvalue weighted by atomic mass is 16.5. The zero-order chi connectivity index (χ0) is 20.8. The third kappa shape index (κ3) is 3.06. The van der Waals surface area contributed by atoms with Gasteiger partial charge in [-0.1, -0.05) is 6.07 Å². The molecule has 0 aromatic carbocycles. The van der Waals surface area contributed by atoms with Gasteiger partial charge in [-0.25, -0.2) is 4.98 Å². The molecule has 2 unspecified atom stereocenters. The van der Waals surface area contributed by atoms with Crippen molar-refractivity contribution in [2.75, 3.05) is 19.0 Å². The quantitative estimate of drug-likeness (QED) is 0.528. The standard InChI is InChI=1S/C21H24N8O/c1-5-22-20-7-6-13(11-23-20)14-8-15(14)16-9-18(28(3)26-16)17-10-19(30-4)21-25-24-12(2)29(21)27-17/h6-7,9-11,14-15H,5,8H2,1-4H3,(H,22,23). The first-order valence-corrected chi connectivity index (χ1v) is 10.1. The van der Waals surface area contributed by atoms with Crippen LogP contribution in [0.2, 0.25) is 0 Å². The molecule has 2 atom stereocenters. The lowest BCUT2D eigenvalue weighted by Gasteiger charge is -2.06. The van der Waals surface area contributed by atoms with E-state index in [9.17, 15) is 0 Å². The second-order valence-electron chi connectivity index (χ2n) is 7.61. The van der Waals surface area contributed by atoms with E-state index in [1.807, 2.05) is 37.0 Å². The van der Waals surface area contributed by atoms with Crippen molar-refractivity contribution in [2.45, 2.75) is 32.1 Å². The molecule has 1 aliphatic rings. The van der Waals surface area contributed by atoms with Crippen LogP contribution >= 0.6 is 0 Å². The summed E-state index contributed by atoms with van der Waals surface area (Å²) < 4.78 is 9.09. The molecule has 0 radical (unpaired) electrons. The minimum absolute atomic E-state index is 0.402. The van der Waals surface area contributed by atoms with Gasteiger partial charge in [-0.3, -0.25) is 4.68 Å². The van der Waals surface area contributed by atoms with Gasteiger partial charge in [-0.2, -0.15) is 14.7 Å². The summed E-state index contributed by atoms with van der Waals surface area (Å²) in [5.74, 6) is 3.13. The highest BCUT2D eigenvalue weighted by Crippen LogP contribution is 2.54. The number of fused-ring (bicyclic) bond motifs is 1. The Morgan fingerprint density at radius 1 is 1.17 bits per heavy atom. The molecule has 1 fully saturated rings. The first kappa shape index (κ1) is 18.5. The van der Waals surface area contributed by atoms with Crippen molar-refractivity contribution < 1.29 is 4.74 Å². The van der Waals surface area contributed by atoms with Crippen molar-refractivity contribution in [1.29, 1.82) is 0 Å².